The number of rotatable bonds is 6. The number of methoxy groups -OCH3 is 2. The molecule has 2 heterocycles. The molecule has 26 heavy (non-hydrogen) atoms. The minimum absolute atomic E-state index is 0.127. The van der Waals surface area contributed by atoms with Crippen LogP contribution in [0.2, 0.25) is 0 Å². The molecule has 2 aliphatic heterocycles. The normalized spacial score (nSPS) is 38.1. The molecule has 2 aliphatic rings. The Bertz CT molecular complexity index is 585. The van der Waals surface area contributed by atoms with Crippen LogP contribution in [0.15, 0.2) is 30.3 Å². The van der Waals surface area contributed by atoms with Gasteiger partial charge < -0.3 is 24.1 Å². The lowest BCUT2D eigenvalue weighted by Crippen LogP contribution is -2.70. The van der Waals surface area contributed by atoms with E-state index < -0.39 is 11.6 Å². The third-order valence-corrected chi connectivity index (χ3v) is 5.85. The fourth-order valence-electron chi connectivity index (χ4n) is 4.07. The van der Waals surface area contributed by atoms with Gasteiger partial charge in [-0.05, 0) is 25.8 Å². The second-order valence-electron chi connectivity index (χ2n) is 7.49. The number of ether oxygens (including phenoxy) is 4. The second-order valence-corrected chi connectivity index (χ2v) is 7.49. The summed E-state index contributed by atoms with van der Waals surface area (Å²) < 4.78 is 24.0. The van der Waals surface area contributed by atoms with Gasteiger partial charge in [0.1, 0.15) is 6.10 Å². The standard InChI is InChI=1S/C20H31NO5/c1-19(23-3)20(2,24-4)26-18-16(10-11-22)13-21(14-17(18)25-19)12-15-8-6-5-7-9-15/h5-9,16-18,22H,10-14H2,1-4H3/t16-,17+,18+,19-,20-/m0/s1. The highest BCUT2D eigenvalue weighted by atomic mass is 16.8. The molecule has 3 rings (SSSR count). The van der Waals surface area contributed by atoms with Crippen LogP contribution in [0.4, 0.5) is 0 Å². The van der Waals surface area contributed by atoms with Crippen molar-refractivity contribution < 1.29 is 24.1 Å². The number of nitrogens with zero attached hydrogens (tertiary/aromatic N) is 1. The topological polar surface area (TPSA) is 60.4 Å². The maximum Gasteiger partial charge on any atom is 0.220 e. The molecule has 0 spiro atoms. The van der Waals surface area contributed by atoms with Gasteiger partial charge in [-0.1, -0.05) is 30.3 Å². The van der Waals surface area contributed by atoms with Crippen LogP contribution in [0.5, 0.6) is 0 Å². The number of fused-ring (bicyclic) bond motifs is 1. The third-order valence-electron chi connectivity index (χ3n) is 5.85. The van der Waals surface area contributed by atoms with Crippen LogP contribution in [-0.2, 0) is 25.5 Å². The molecule has 0 aliphatic carbocycles. The van der Waals surface area contributed by atoms with Crippen LogP contribution in [-0.4, -0.2) is 67.7 Å². The average molecular weight is 365 g/mol. The number of aliphatic hydroxyl groups is 1. The summed E-state index contributed by atoms with van der Waals surface area (Å²) in [5.41, 5.74) is 1.27. The summed E-state index contributed by atoms with van der Waals surface area (Å²) in [6.07, 6.45) is 0.388. The van der Waals surface area contributed by atoms with Gasteiger partial charge in [0.05, 0.1) is 6.10 Å². The van der Waals surface area contributed by atoms with E-state index in [4.69, 9.17) is 18.9 Å². The summed E-state index contributed by atoms with van der Waals surface area (Å²) >= 11 is 0. The molecule has 5 atom stereocenters. The molecule has 0 radical (unpaired) electrons. The van der Waals surface area contributed by atoms with Gasteiger partial charge in [-0.25, -0.2) is 0 Å². The maximum atomic E-state index is 9.55. The van der Waals surface area contributed by atoms with Gasteiger partial charge >= 0.3 is 0 Å². The van der Waals surface area contributed by atoms with Crippen LogP contribution >= 0.6 is 0 Å². The smallest absolute Gasteiger partial charge is 0.220 e. The Hall–Kier alpha value is -1.02. The van der Waals surface area contributed by atoms with E-state index in [1.165, 1.54) is 5.56 Å². The molecule has 1 aromatic carbocycles. The van der Waals surface area contributed by atoms with Gasteiger partial charge in [0.15, 0.2) is 0 Å². The van der Waals surface area contributed by atoms with E-state index in [1.54, 1.807) is 14.2 Å². The fraction of sp³-hybridized carbons (Fsp3) is 0.700. The molecule has 0 aromatic heterocycles. The zero-order valence-electron chi connectivity index (χ0n) is 16.2. The molecule has 6 nitrogen and oxygen atoms in total. The van der Waals surface area contributed by atoms with Crippen molar-refractivity contribution in [2.75, 3.05) is 33.9 Å². The molecule has 1 aromatic rings. The first-order valence-electron chi connectivity index (χ1n) is 9.27. The van der Waals surface area contributed by atoms with E-state index >= 15 is 0 Å². The Morgan fingerprint density at radius 1 is 1.08 bits per heavy atom. The summed E-state index contributed by atoms with van der Waals surface area (Å²) in [6.45, 7) is 6.27. The number of hydrogen-bond donors (Lipinski definition) is 1. The van der Waals surface area contributed by atoms with E-state index in [-0.39, 0.29) is 24.7 Å². The molecule has 1 N–H and O–H groups in total. The molecule has 146 valence electrons. The number of piperidine rings is 1. The third kappa shape index (κ3) is 3.67. The number of hydrogen-bond acceptors (Lipinski definition) is 6. The highest BCUT2D eigenvalue weighted by Crippen LogP contribution is 2.43. The van der Waals surface area contributed by atoms with Crippen molar-refractivity contribution in [1.82, 2.24) is 4.90 Å². The first-order chi connectivity index (χ1) is 12.4. The van der Waals surface area contributed by atoms with Crippen molar-refractivity contribution in [3.63, 3.8) is 0 Å². The summed E-state index contributed by atoms with van der Waals surface area (Å²) in [7, 11) is 3.21. The predicted octanol–water partition coefficient (Wildman–Crippen LogP) is 2.01. The lowest BCUT2D eigenvalue weighted by molar-refractivity contribution is -0.457. The largest absolute Gasteiger partial charge is 0.396 e. The van der Waals surface area contributed by atoms with Crippen molar-refractivity contribution in [2.24, 2.45) is 5.92 Å². The Kier molecular flexibility index (Phi) is 6.01. The number of benzene rings is 1. The number of aliphatic hydroxyl groups excluding tert-OH is 1. The second kappa shape index (κ2) is 7.92. The van der Waals surface area contributed by atoms with Gasteiger partial charge in [0, 0.05) is 46.4 Å². The van der Waals surface area contributed by atoms with Crippen molar-refractivity contribution in [3.8, 4) is 0 Å². The van der Waals surface area contributed by atoms with Crippen LogP contribution in [0.1, 0.15) is 25.8 Å². The minimum Gasteiger partial charge on any atom is -0.396 e. The van der Waals surface area contributed by atoms with Crippen LogP contribution in [0.25, 0.3) is 0 Å². The van der Waals surface area contributed by atoms with Crippen molar-refractivity contribution in [2.45, 2.75) is 50.6 Å². The maximum absolute atomic E-state index is 9.55. The van der Waals surface area contributed by atoms with Crippen LogP contribution < -0.4 is 0 Å². The first-order valence-corrected chi connectivity index (χ1v) is 9.27. The molecule has 2 saturated heterocycles. The highest BCUT2D eigenvalue weighted by Gasteiger charge is 2.59. The van der Waals surface area contributed by atoms with E-state index in [1.807, 2.05) is 19.9 Å². The van der Waals surface area contributed by atoms with Gasteiger partial charge in [0.2, 0.25) is 11.6 Å². The Morgan fingerprint density at radius 2 is 1.73 bits per heavy atom. The van der Waals surface area contributed by atoms with Crippen LogP contribution in [0.3, 0.4) is 0 Å². The molecule has 6 heteroatoms. The lowest BCUT2D eigenvalue weighted by Gasteiger charge is -2.56. The summed E-state index contributed by atoms with van der Waals surface area (Å²) in [5, 5.41) is 9.55. The molecule has 0 amide bonds. The molecule has 2 fully saturated rings. The zero-order valence-corrected chi connectivity index (χ0v) is 16.2. The van der Waals surface area contributed by atoms with Gasteiger partial charge in [-0.3, -0.25) is 4.90 Å². The molecule has 0 bridgehead atoms. The Balaban J connectivity index is 1.80. The molecular weight excluding hydrogens is 334 g/mol. The van der Waals surface area contributed by atoms with Gasteiger partial charge in [-0.2, -0.15) is 0 Å². The Labute approximate surface area is 156 Å². The van der Waals surface area contributed by atoms with Gasteiger partial charge in [-0.15, -0.1) is 0 Å². The summed E-state index contributed by atoms with van der Waals surface area (Å²) in [4.78, 5) is 2.37. The highest BCUT2D eigenvalue weighted by molar-refractivity contribution is 5.15. The molecule has 0 unspecified atom stereocenters. The zero-order chi connectivity index (χ0) is 18.8. The van der Waals surface area contributed by atoms with Crippen molar-refractivity contribution >= 4 is 0 Å². The lowest BCUT2D eigenvalue weighted by atomic mass is 9.87. The van der Waals surface area contributed by atoms with Gasteiger partial charge in [0.25, 0.3) is 0 Å². The minimum atomic E-state index is -1.00. The fourth-order valence-corrected chi connectivity index (χ4v) is 4.07. The predicted molar refractivity (Wildman–Crippen MR) is 97.5 cm³/mol. The SMILES string of the molecule is CO[C@@]1(C)O[C@@H]2[C@@H](CCO)CN(Cc3ccccc3)C[C@H]2O[C@]1(C)OC. The summed E-state index contributed by atoms with van der Waals surface area (Å²) in [6, 6.07) is 10.4. The van der Waals surface area contributed by atoms with Crippen molar-refractivity contribution in [1.29, 1.82) is 0 Å². The molecular formula is C20H31NO5. The van der Waals surface area contributed by atoms with E-state index in [0.717, 1.165) is 19.6 Å². The first kappa shape index (κ1) is 19.7. The van der Waals surface area contributed by atoms with E-state index in [9.17, 15) is 5.11 Å². The molecule has 0 saturated carbocycles. The monoisotopic (exact) mass is 365 g/mol. The van der Waals surface area contributed by atoms with Crippen molar-refractivity contribution in [3.05, 3.63) is 35.9 Å². The summed E-state index contributed by atoms with van der Waals surface area (Å²) in [5.74, 6) is -1.83. The van der Waals surface area contributed by atoms with E-state index in [0.29, 0.717) is 6.42 Å². The average Bonchev–Trinajstić information content (AvgIpc) is 2.64. The quantitative estimate of drug-likeness (QED) is 0.832. The van der Waals surface area contributed by atoms with Crippen LogP contribution in [0, 0.1) is 5.92 Å². The Morgan fingerprint density at radius 3 is 2.35 bits per heavy atom. The number of likely N-dealkylation sites (tertiary alicyclic amines) is 1. The van der Waals surface area contributed by atoms with E-state index in [2.05, 4.69) is 29.2 Å².